The molecule has 7 heteroatoms. The number of urea groups is 1. The molecule has 0 fully saturated rings. The Balaban J connectivity index is 1.65. The molecule has 2 N–H and O–H groups in total. The highest BCUT2D eigenvalue weighted by Gasteiger charge is 2.11. The molecule has 0 unspecified atom stereocenters. The van der Waals surface area contributed by atoms with Gasteiger partial charge >= 0.3 is 6.03 Å². The molecule has 0 radical (unpaired) electrons. The number of nitrogens with zero attached hydrogens (tertiary/aromatic N) is 2. The molecule has 0 aliphatic carbocycles. The third kappa shape index (κ3) is 4.14. The van der Waals surface area contributed by atoms with E-state index in [1.807, 2.05) is 6.07 Å². The first-order valence-electron chi connectivity index (χ1n) is 7.47. The predicted octanol–water partition coefficient (Wildman–Crippen LogP) is 3.74. The summed E-state index contributed by atoms with van der Waals surface area (Å²) in [6, 6.07) is 9.89. The first-order valence-corrected chi connectivity index (χ1v) is 7.47. The van der Waals surface area contributed by atoms with Crippen LogP contribution in [0.15, 0.2) is 61.1 Å². The number of carbonyl (C=O) groups excluding carboxylic acids is 1. The van der Waals surface area contributed by atoms with Crippen LogP contribution < -0.4 is 10.6 Å². The van der Waals surface area contributed by atoms with Gasteiger partial charge in [0.05, 0.1) is 5.69 Å². The minimum Gasteiger partial charge on any atom is -0.334 e. The summed E-state index contributed by atoms with van der Waals surface area (Å²) in [5.41, 5.74) is 1.87. The lowest BCUT2D eigenvalue weighted by Crippen LogP contribution is -2.29. The van der Waals surface area contributed by atoms with Crippen LogP contribution in [0.1, 0.15) is 5.56 Å². The first-order chi connectivity index (χ1) is 12.1. The fourth-order valence-electron chi connectivity index (χ4n) is 2.21. The minimum atomic E-state index is -0.835. The number of aromatic nitrogens is 2. The second-order valence-corrected chi connectivity index (χ2v) is 5.20. The second-order valence-electron chi connectivity index (χ2n) is 5.20. The fourth-order valence-corrected chi connectivity index (χ4v) is 2.21. The number of hydrogen-bond acceptors (Lipinski definition) is 3. The van der Waals surface area contributed by atoms with Gasteiger partial charge in [0.15, 0.2) is 0 Å². The monoisotopic (exact) mass is 340 g/mol. The average molecular weight is 340 g/mol. The number of nitrogens with one attached hydrogen (secondary N) is 2. The molecule has 2 heterocycles. The van der Waals surface area contributed by atoms with Crippen LogP contribution in [0.5, 0.6) is 0 Å². The summed E-state index contributed by atoms with van der Waals surface area (Å²) < 4.78 is 27.0. The average Bonchev–Trinajstić information content (AvgIpc) is 2.64. The van der Waals surface area contributed by atoms with Crippen LogP contribution in [-0.2, 0) is 6.54 Å². The molecule has 126 valence electrons. The molecule has 2 amide bonds. The number of para-hydroxylation sites is 1. The van der Waals surface area contributed by atoms with E-state index in [1.54, 1.807) is 36.8 Å². The number of amides is 2. The Morgan fingerprint density at radius 1 is 1.04 bits per heavy atom. The van der Waals surface area contributed by atoms with Crippen LogP contribution in [0.2, 0.25) is 0 Å². The van der Waals surface area contributed by atoms with E-state index >= 15 is 0 Å². The molecule has 3 rings (SSSR count). The summed E-state index contributed by atoms with van der Waals surface area (Å²) in [5, 5.41) is 4.72. The summed E-state index contributed by atoms with van der Waals surface area (Å²) in [6.45, 7) is 0.178. The van der Waals surface area contributed by atoms with E-state index in [0.717, 1.165) is 23.3 Å². The van der Waals surface area contributed by atoms with Gasteiger partial charge in [-0.05, 0) is 42.0 Å². The predicted molar refractivity (Wildman–Crippen MR) is 89.7 cm³/mol. The lowest BCUT2D eigenvalue weighted by Gasteiger charge is -2.10. The summed E-state index contributed by atoms with van der Waals surface area (Å²) >= 11 is 0. The Bertz CT molecular complexity index is 867. The molecule has 0 bridgehead atoms. The van der Waals surface area contributed by atoms with Crippen LogP contribution in [-0.4, -0.2) is 16.0 Å². The van der Waals surface area contributed by atoms with E-state index in [-0.39, 0.29) is 6.54 Å². The van der Waals surface area contributed by atoms with Crippen molar-refractivity contribution in [1.29, 1.82) is 0 Å². The van der Waals surface area contributed by atoms with E-state index in [2.05, 4.69) is 20.6 Å². The Labute approximate surface area is 142 Å². The van der Waals surface area contributed by atoms with Crippen LogP contribution in [0, 0.1) is 11.6 Å². The second kappa shape index (κ2) is 7.48. The number of halogens is 2. The molecule has 5 nitrogen and oxygen atoms in total. The van der Waals surface area contributed by atoms with Crippen molar-refractivity contribution in [2.24, 2.45) is 0 Å². The van der Waals surface area contributed by atoms with Gasteiger partial charge in [-0.2, -0.15) is 0 Å². The molecular formula is C18H14F2N4O. The molecular weight excluding hydrogens is 326 g/mol. The van der Waals surface area contributed by atoms with E-state index < -0.39 is 23.4 Å². The maximum absolute atomic E-state index is 13.5. The van der Waals surface area contributed by atoms with Crippen molar-refractivity contribution >= 4 is 11.7 Å². The van der Waals surface area contributed by atoms with Gasteiger partial charge in [-0.1, -0.05) is 6.07 Å². The van der Waals surface area contributed by atoms with Gasteiger partial charge < -0.3 is 10.6 Å². The Morgan fingerprint density at radius 2 is 1.84 bits per heavy atom. The fraction of sp³-hybridized carbons (Fsp3) is 0.0556. The van der Waals surface area contributed by atoms with Crippen LogP contribution in [0.3, 0.4) is 0 Å². The van der Waals surface area contributed by atoms with Crippen LogP contribution >= 0.6 is 0 Å². The lowest BCUT2D eigenvalue weighted by molar-refractivity contribution is 0.251. The number of rotatable bonds is 4. The van der Waals surface area contributed by atoms with Crippen LogP contribution in [0.4, 0.5) is 19.3 Å². The van der Waals surface area contributed by atoms with E-state index in [4.69, 9.17) is 0 Å². The number of hydrogen-bond donors (Lipinski definition) is 2. The first kappa shape index (κ1) is 16.5. The van der Waals surface area contributed by atoms with Crippen molar-refractivity contribution in [1.82, 2.24) is 15.3 Å². The molecule has 0 atom stereocenters. The summed E-state index contributed by atoms with van der Waals surface area (Å²) in [7, 11) is 0. The summed E-state index contributed by atoms with van der Waals surface area (Å²) in [6.07, 6.45) is 4.97. The zero-order valence-electron chi connectivity index (χ0n) is 13.0. The number of pyridine rings is 2. The van der Waals surface area contributed by atoms with E-state index in [0.29, 0.717) is 5.69 Å². The van der Waals surface area contributed by atoms with Gasteiger partial charge in [-0.3, -0.25) is 9.97 Å². The third-order valence-electron chi connectivity index (χ3n) is 3.44. The Hall–Kier alpha value is -3.35. The summed E-state index contributed by atoms with van der Waals surface area (Å²) in [4.78, 5) is 20.2. The van der Waals surface area contributed by atoms with Crippen molar-refractivity contribution in [2.75, 3.05) is 5.32 Å². The van der Waals surface area contributed by atoms with Gasteiger partial charge in [-0.25, -0.2) is 13.6 Å². The van der Waals surface area contributed by atoms with Crippen molar-refractivity contribution in [3.05, 3.63) is 78.3 Å². The molecule has 0 saturated carbocycles. The standard InChI is InChI=1S/C18H14F2N4O/c19-14-4-1-5-15(20)17(14)24-18(25)23-10-12-6-8-22-16(9-12)13-3-2-7-21-11-13/h1-9,11H,10H2,(H2,23,24,25). The molecule has 1 aromatic carbocycles. The highest BCUT2D eigenvalue weighted by molar-refractivity contribution is 5.89. The zero-order valence-corrected chi connectivity index (χ0v) is 13.0. The summed E-state index contributed by atoms with van der Waals surface area (Å²) in [5.74, 6) is -1.67. The lowest BCUT2D eigenvalue weighted by atomic mass is 10.1. The number of carbonyl (C=O) groups is 1. The van der Waals surface area contributed by atoms with Gasteiger partial charge in [0.2, 0.25) is 0 Å². The van der Waals surface area contributed by atoms with Gasteiger partial charge in [-0.15, -0.1) is 0 Å². The quantitative estimate of drug-likeness (QED) is 0.760. The van der Waals surface area contributed by atoms with Gasteiger partial charge in [0, 0.05) is 30.7 Å². The smallest absolute Gasteiger partial charge is 0.319 e. The maximum atomic E-state index is 13.5. The van der Waals surface area contributed by atoms with E-state index in [9.17, 15) is 13.6 Å². The van der Waals surface area contributed by atoms with Gasteiger partial charge in [0.25, 0.3) is 0 Å². The number of anilines is 1. The number of benzene rings is 1. The molecule has 2 aromatic heterocycles. The largest absolute Gasteiger partial charge is 0.334 e. The molecule has 25 heavy (non-hydrogen) atoms. The normalized spacial score (nSPS) is 10.3. The van der Waals surface area contributed by atoms with Crippen molar-refractivity contribution < 1.29 is 13.6 Å². The topological polar surface area (TPSA) is 66.9 Å². The van der Waals surface area contributed by atoms with E-state index in [1.165, 1.54) is 6.07 Å². The molecule has 0 spiro atoms. The molecule has 0 aliphatic rings. The SMILES string of the molecule is O=C(NCc1ccnc(-c2cccnc2)c1)Nc1c(F)cccc1F. The Morgan fingerprint density at radius 3 is 2.56 bits per heavy atom. The van der Waals surface area contributed by atoms with Crippen molar-refractivity contribution in [3.8, 4) is 11.3 Å². The zero-order chi connectivity index (χ0) is 17.6. The molecule has 0 aliphatic heterocycles. The minimum absolute atomic E-state index is 0.178. The highest BCUT2D eigenvalue weighted by Crippen LogP contribution is 2.18. The van der Waals surface area contributed by atoms with Crippen molar-refractivity contribution in [2.45, 2.75) is 6.54 Å². The van der Waals surface area contributed by atoms with Crippen LogP contribution in [0.25, 0.3) is 11.3 Å². The Kier molecular flexibility index (Phi) is 4.94. The molecule has 3 aromatic rings. The maximum Gasteiger partial charge on any atom is 0.319 e. The highest BCUT2D eigenvalue weighted by atomic mass is 19.1. The van der Waals surface area contributed by atoms with Crippen molar-refractivity contribution in [3.63, 3.8) is 0 Å². The van der Waals surface area contributed by atoms with Gasteiger partial charge in [0.1, 0.15) is 17.3 Å². The third-order valence-corrected chi connectivity index (χ3v) is 3.44. The molecule has 0 saturated heterocycles.